The molecule has 0 spiro atoms. The van der Waals surface area contributed by atoms with Crippen LogP contribution in [0.1, 0.15) is 62.6 Å². The molecule has 2 N–H and O–H groups in total. The summed E-state index contributed by atoms with van der Waals surface area (Å²) in [5, 5.41) is 3.93. The number of nitrogens with one attached hydrogen (secondary N) is 2. The number of aromatic nitrogens is 2. The normalized spacial score (nSPS) is 28.3. The molecule has 4 nitrogen and oxygen atoms in total. The molecule has 2 aliphatic rings. The van der Waals surface area contributed by atoms with Crippen molar-refractivity contribution in [2.45, 2.75) is 57.8 Å². The second-order valence-electron chi connectivity index (χ2n) is 6.51. The monoisotopic (exact) mass is 265 g/mol. The Labute approximate surface area is 115 Å². The molecule has 1 saturated carbocycles. The van der Waals surface area contributed by atoms with E-state index in [1.807, 2.05) is 6.92 Å². The number of nitrogens with zero attached hydrogens (tertiary/aromatic N) is 1. The van der Waals surface area contributed by atoms with Crippen LogP contribution in [0.2, 0.25) is 0 Å². The summed E-state index contributed by atoms with van der Waals surface area (Å²) >= 11 is 0. The zero-order valence-electron chi connectivity index (χ0n) is 12.1. The average molecular weight is 265 g/mol. The molecular formula is C15H27N3O+2. The molecule has 3 rings (SSSR count). The number of aryl methyl sites for hydroxylation is 1. The van der Waals surface area contributed by atoms with E-state index in [4.69, 9.17) is 4.52 Å². The van der Waals surface area contributed by atoms with Crippen molar-refractivity contribution >= 4 is 0 Å². The Hall–Kier alpha value is -0.900. The fourth-order valence-corrected chi connectivity index (χ4v) is 3.66. The lowest BCUT2D eigenvalue weighted by molar-refractivity contribution is -0.945. The quantitative estimate of drug-likeness (QED) is 0.867. The molecule has 2 fully saturated rings. The molecule has 0 unspecified atom stereocenters. The molecule has 0 amide bonds. The van der Waals surface area contributed by atoms with E-state index in [1.165, 1.54) is 64.6 Å². The molecule has 1 aliphatic heterocycles. The zero-order chi connectivity index (χ0) is 13.1. The third-order valence-corrected chi connectivity index (χ3v) is 4.89. The molecule has 19 heavy (non-hydrogen) atoms. The topological polar surface area (TPSA) is 44.6 Å². The van der Waals surface area contributed by atoms with Crippen molar-refractivity contribution in [2.75, 3.05) is 19.6 Å². The summed E-state index contributed by atoms with van der Waals surface area (Å²) in [6.45, 7) is 5.73. The first kappa shape index (κ1) is 13.1. The maximum atomic E-state index is 5.30. The Morgan fingerprint density at radius 2 is 2.05 bits per heavy atom. The molecule has 4 heteroatoms. The first-order chi connectivity index (χ1) is 9.31. The molecular weight excluding hydrogens is 238 g/mol. The molecule has 106 valence electrons. The van der Waals surface area contributed by atoms with Gasteiger partial charge in [0.05, 0.1) is 19.6 Å². The van der Waals surface area contributed by atoms with Crippen molar-refractivity contribution in [3.05, 3.63) is 11.7 Å². The van der Waals surface area contributed by atoms with Crippen LogP contribution in [-0.4, -0.2) is 24.8 Å². The fourth-order valence-electron chi connectivity index (χ4n) is 3.66. The number of rotatable bonds is 5. The largest absolute Gasteiger partial charge is 0.343 e. The minimum absolute atomic E-state index is 0.575. The number of likely N-dealkylation sites (tertiary alicyclic amines) is 1. The van der Waals surface area contributed by atoms with Crippen LogP contribution in [0.3, 0.4) is 0 Å². The van der Waals surface area contributed by atoms with Crippen LogP contribution in [0, 0.1) is 12.8 Å². The van der Waals surface area contributed by atoms with Crippen LogP contribution in [0.25, 0.3) is 0 Å². The van der Waals surface area contributed by atoms with E-state index in [-0.39, 0.29) is 0 Å². The second kappa shape index (κ2) is 6.04. The van der Waals surface area contributed by atoms with Gasteiger partial charge in [-0.15, -0.1) is 0 Å². The van der Waals surface area contributed by atoms with Gasteiger partial charge in [0, 0.05) is 6.92 Å². The van der Waals surface area contributed by atoms with Crippen LogP contribution in [-0.2, 0) is 0 Å². The standard InChI is InChI=1S/C15H25N3O/c1-12-16-15(19-17-12)14-10-18(11-14)9-5-8-13-6-3-2-4-7-13/h13-14H,2-11H2,1H3/p+2. The minimum Gasteiger partial charge on any atom is -0.333 e. The van der Waals surface area contributed by atoms with Crippen molar-refractivity contribution in [2.24, 2.45) is 5.92 Å². The first-order valence-corrected chi connectivity index (χ1v) is 8.00. The lowest BCUT2D eigenvalue weighted by Gasteiger charge is -2.32. The summed E-state index contributed by atoms with van der Waals surface area (Å²) in [6.07, 6.45) is 10.3. The number of aromatic amines is 1. The highest BCUT2D eigenvalue weighted by Gasteiger charge is 2.38. The fraction of sp³-hybridized carbons (Fsp3) is 0.867. The highest BCUT2D eigenvalue weighted by Crippen LogP contribution is 2.26. The van der Waals surface area contributed by atoms with Gasteiger partial charge < -0.3 is 4.90 Å². The second-order valence-corrected chi connectivity index (χ2v) is 6.51. The van der Waals surface area contributed by atoms with Crippen LogP contribution >= 0.6 is 0 Å². The lowest BCUT2D eigenvalue weighted by atomic mass is 9.86. The van der Waals surface area contributed by atoms with E-state index in [0.717, 1.165) is 17.6 Å². The van der Waals surface area contributed by atoms with Gasteiger partial charge in [-0.05, 0) is 18.8 Å². The van der Waals surface area contributed by atoms with Gasteiger partial charge in [0.2, 0.25) is 0 Å². The molecule has 2 heterocycles. The van der Waals surface area contributed by atoms with Crippen LogP contribution in [0.5, 0.6) is 0 Å². The third kappa shape index (κ3) is 3.35. The number of hydrogen-bond donors (Lipinski definition) is 1. The molecule has 0 aromatic carbocycles. The van der Waals surface area contributed by atoms with Crippen molar-refractivity contribution in [1.82, 2.24) is 5.16 Å². The van der Waals surface area contributed by atoms with Crippen molar-refractivity contribution < 1.29 is 14.4 Å². The highest BCUT2D eigenvalue weighted by atomic mass is 16.5. The summed E-state index contributed by atoms with van der Waals surface area (Å²) in [6, 6.07) is 0. The lowest BCUT2D eigenvalue weighted by Crippen LogP contribution is -3.19. The van der Waals surface area contributed by atoms with Gasteiger partial charge >= 0.3 is 11.7 Å². The van der Waals surface area contributed by atoms with Crippen LogP contribution in [0.4, 0.5) is 0 Å². The van der Waals surface area contributed by atoms with Gasteiger partial charge in [0.15, 0.2) is 11.1 Å². The Kier molecular flexibility index (Phi) is 4.16. The molecule has 0 bridgehead atoms. The van der Waals surface area contributed by atoms with Crippen molar-refractivity contribution in [1.29, 1.82) is 0 Å². The molecule has 1 aliphatic carbocycles. The SMILES string of the molecule is Cc1noc(C2C[NH+](CCCC3CCCCC3)C2)[nH+]1. The molecule has 0 atom stereocenters. The smallest absolute Gasteiger partial charge is 0.333 e. The van der Waals surface area contributed by atoms with Crippen molar-refractivity contribution in [3.63, 3.8) is 0 Å². The number of quaternary nitrogens is 1. The van der Waals surface area contributed by atoms with E-state index in [9.17, 15) is 0 Å². The Bertz CT molecular complexity index is 392. The Morgan fingerprint density at radius 3 is 2.74 bits per heavy atom. The van der Waals surface area contributed by atoms with Gasteiger partial charge in [-0.25, -0.2) is 9.51 Å². The minimum atomic E-state index is 0.575. The highest BCUT2D eigenvalue weighted by molar-refractivity contribution is 4.87. The molecule has 0 radical (unpaired) electrons. The zero-order valence-corrected chi connectivity index (χ0v) is 12.1. The van der Waals surface area contributed by atoms with Gasteiger partial charge in [-0.1, -0.05) is 32.1 Å². The molecule has 1 aromatic rings. The van der Waals surface area contributed by atoms with Crippen molar-refractivity contribution in [3.8, 4) is 0 Å². The van der Waals surface area contributed by atoms with Crippen LogP contribution in [0.15, 0.2) is 4.52 Å². The Morgan fingerprint density at radius 1 is 1.26 bits per heavy atom. The van der Waals surface area contributed by atoms with Crippen LogP contribution < -0.4 is 9.88 Å². The summed E-state index contributed by atoms with van der Waals surface area (Å²) in [5.74, 6) is 3.48. The van der Waals surface area contributed by atoms with E-state index in [1.54, 1.807) is 4.90 Å². The third-order valence-electron chi connectivity index (χ3n) is 4.89. The van der Waals surface area contributed by atoms with Gasteiger partial charge in [-0.2, -0.15) is 0 Å². The van der Waals surface area contributed by atoms with Gasteiger partial charge in [0.1, 0.15) is 0 Å². The predicted octanol–water partition coefficient (Wildman–Crippen LogP) is 1.14. The first-order valence-electron chi connectivity index (χ1n) is 8.00. The van der Waals surface area contributed by atoms with E-state index in [2.05, 4.69) is 10.1 Å². The number of H-pyrrole nitrogens is 1. The maximum absolute atomic E-state index is 5.30. The summed E-state index contributed by atoms with van der Waals surface area (Å²) in [4.78, 5) is 4.95. The average Bonchev–Trinajstić information content (AvgIpc) is 2.79. The summed E-state index contributed by atoms with van der Waals surface area (Å²) in [7, 11) is 0. The number of hydrogen-bond acceptors (Lipinski definition) is 2. The van der Waals surface area contributed by atoms with E-state index >= 15 is 0 Å². The van der Waals surface area contributed by atoms with E-state index in [0.29, 0.717) is 5.92 Å². The maximum Gasteiger partial charge on any atom is 0.343 e. The molecule has 1 aromatic heterocycles. The predicted molar refractivity (Wildman–Crippen MR) is 71.9 cm³/mol. The van der Waals surface area contributed by atoms with E-state index < -0.39 is 0 Å². The van der Waals surface area contributed by atoms with Gasteiger partial charge in [0.25, 0.3) is 0 Å². The summed E-state index contributed by atoms with van der Waals surface area (Å²) < 4.78 is 5.30. The molecule has 1 saturated heterocycles. The summed E-state index contributed by atoms with van der Waals surface area (Å²) in [5.41, 5.74) is 0. The van der Waals surface area contributed by atoms with Gasteiger partial charge in [-0.3, -0.25) is 0 Å². The Balaban J connectivity index is 1.31.